The number of hydrogen-bond acceptors (Lipinski definition) is 1. The molecule has 0 aromatic carbocycles. The maximum absolute atomic E-state index is 5.88. The molecule has 0 N–H and O–H groups in total. The summed E-state index contributed by atoms with van der Waals surface area (Å²) < 4.78 is 5.88. The van der Waals surface area contributed by atoms with Crippen LogP contribution < -0.4 is 0 Å². The molecule has 1 atom stereocenters. The van der Waals surface area contributed by atoms with E-state index in [2.05, 4.69) is 40.4 Å². The van der Waals surface area contributed by atoms with Gasteiger partial charge in [-0.3, -0.25) is 0 Å². The van der Waals surface area contributed by atoms with E-state index >= 15 is 0 Å². The predicted molar refractivity (Wildman–Crippen MR) is 57.9 cm³/mol. The van der Waals surface area contributed by atoms with Crippen LogP contribution in [0.15, 0.2) is 0 Å². The van der Waals surface area contributed by atoms with Gasteiger partial charge in [-0.15, -0.1) is 0 Å². The Morgan fingerprint density at radius 2 is 1.67 bits per heavy atom. The van der Waals surface area contributed by atoms with Crippen LogP contribution in [-0.4, -0.2) is 14.9 Å². The first-order valence-electron chi connectivity index (χ1n) is 5.00. The largest absolute Gasteiger partial charge is 0.417 e. The molecule has 2 heteroatoms. The Morgan fingerprint density at radius 3 is 1.92 bits per heavy atom. The molecule has 0 aliphatic heterocycles. The van der Waals surface area contributed by atoms with E-state index in [1.54, 1.807) is 0 Å². The first kappa shape index (κ1) is 12.2. The van der Waals surface area contributed by atoms with E-state index in [1.165, 1.54) is 6.42 Å². The van der Waals surface area contributed by atoms with Gasteiger partial charge in [-0.25, -0.2) is 0 Å². The molecule has 1 unspecified atom stereocenters. The molecule has 0 amide bonds. The molecule has 0 rings (SSSR count). The molecule has 0 radical (unpaired) electrons. The van der Waals surface area contributed by atoms with Gasteiger partial charge in [0.1, 0.15) is 0 Å². The van der Waals surface area contributed by atoms with Gasteiger partial charge < -0.3 is 4.43 Å². The Balaban J connectivity index is 3.73. The highest BCUT2D eigenvalue weighted by molar-refractivity contribution is 6.69. The van der Waals surface area contributed by atoms with Crippen LogP contribution in [-0.2, 0) is 4.43 Å². The molecule has 0 saturated carbocycles. The van der Waals surface area contributed by atoms with Crippen LogP contribution in [0, 0.1) is 11.8 Å². The van der Waals surface area contributed by atoms with E-state index < -0.39 is 8.32 Å². The van der Waals surface area contributed by atoms with E-state index in [9.17, 15) is 0 Å². The maximum Gasteiger partial charge on any atom is 0.183 e. The van der Waals surface area contributed by atoms with E-state index in [4.69, 9.17) is 4.43 Å². The van der Waals surface area contributed by atoms with Gasteiger partial charge in [-0.2, -0.15) is 0 Å². The van der Waals surface area contributed by atoms with Crippen molar-refractivity contribution >= 4 is 8.32 Å². The third-order valence-electron chi connectivity index (χ3n) is 2.20. The molecule has 1 nitrogen and oxygen atoms in total. The van der Waals surface area contributed by atoms with Crippen molar-refractivity contribution in [3.8, 4) is 0 Å². The van der Waals surface area contributed by atoms with Gasteiger partial charge in [-0.1, -0.05) is 27.2 Å². The maximum atomic E-state index is 5.88. The fourth-order valence-electron chi connectivity index (χ4n) is 1.14. The molecule has 0 bridgehead atoms. The zero-order valence-electron chi connectivity index (χ0n) is 9.48. The monoisotopic (exact) mass is 188 g/mol. The molecule has 12 heavy (non-hydrogen) atoms. The van der Waals surface area contributed by atoms with Crippen molar-refractivity contribution in [2.24, 2.45) is 11.8 Å². The highest BCUT2D eigenvalue weighted by atomic mass is 28.4. The first-order chi connectivity index (χ1) is 5.37. The third-order valence-corrected chi connectivity index (χ3v) is 3.23. The molecular formula is C10H24OSi. The smallest absolute Gasteiger partial charge is 0.183 e. The van der Waals surface area contributed by atoms with Gasteiger partial charge in [0.15, 0.2) is 8.32 Å². The minimum atomic E-state index is -1.28. The zero-order valence-corrected chi connectivity index (χ0v) is 10.5. The Morgan fingerprint density at radius 1 is 1.17 bits per heavy atom. The number of hydrogen-bond donors (Lipinski definition) is 0. The second kappa shape index (κ2) is 5.03. The third kappa shape index (κ3) is 5.78. The SMILES string of the molecule is CCC(CO[Si](C)(C)C)C(C)C. The molecule has 0 saturated heterocycles. The average molecular weight is 188 g/mol. The molecule has 0 aliphatic carbocycles. The standard InChI is InChI=1S/C10H24OSi/c1-7-10(9(2)3)8-11-12(4,5)6/h9-10H,7-8H2,1-6H3. The second-order valence-electron chi connectivity index (χ2n) is 4.84. The molecule has 0 fully saturated rings. The first-order valence-corrected chi connectivity index (χ1v) is 8.41. The Kier molecular flexibility index (Phi) is 5.10. The van der Waals surface area contributed by atoms with Crippen molar-refractivity contribution < 1.29 is 4.43 Å². The van der Waals surface area contributed by atoms with E-state index in [0.29, 0.717) is 0 Å². The minimum Gasteiger partial charge on any atom is -0.417 e. The Bertz CT molecular complexity index is 115. The summed E-state index contributed by atoms with van der Waals surface area (Å²) in [7, 11) is -1.28. The summed E-state index contributed by atoms with van der Waals surface area (Å²) in [5, 5.41) is 0. The van der Waals surface area contributed by atoms with Gasteiger partial charge in [0.05, 0.1) is 0 Å². The summed E-state index contributed by atoms with van der Waals surface area (Å²) >= 11 is 0. The molecule has 0 heterocycles. The lowest BCUT2D eigenvalue weighted by Gasteiger charge is -2.24. The van der Waals surface area contributed by atoms with Crippen LogP contribution in [0.2, 0.25) is 19.6 Å². The van der Waals surface area contributed by atoms with Gasteiger partial charge in [0.2, 0.25) is 0 Å². The molecule has 0 aromatic rings. The quantitative estimate of drug-likeness (QED) is 0.600. The highest BCUT2D eigenvalue weighted by Gasteiger charge is 2.18. The number of rotatable bonds is 5. The van der Waals surface area contributed by atoms with Crippen molar-refractivity contribution in [3.63, 3.8) is 0 Å². The Hall–Kier alpha value is 0.177. The molecular weight excluding hydrogens is 164 g/mol. The molecule has 0 aromatic heterocycles. The molecule has 0 spiro atoms. The molecule has 0 aliphatic rings. The van der Waals surface area contributed by atoms with Crippen LogP contribution in [0.3, 0.4) is 0 Å². The van der Waals surface area contributed by atoms with Crippen LogP contribution >= 0.6 is 0 Å². The van der Waals surface area contributed by atoms with Crippen LogP contribution in [0.4, 0.5) is 0 Å². The summed E-state index contributed by atoms with van der Waals surface area (Å²) in [6, 6.07) is 0. The van der Waals surface area contributed by atoms with Crippen LogP contribution in [0.5, 0.6) is 0 Å². The van der Waals surface area contributed by atoms with E-state index in [-0.39, 0.29) is 0 Å². The highest BCUT2D eigenvalue weighted by Crippen LogP contribution is 2.17. The normalized spacial score (nSPS) is 15.2. The van der Waals surface area contributed by atoms with Crippen LogP contribution in [0.1, 0.15) is 27.2 Å². The molecule has 74 valence electrons. The van der Waals surface area contributed by atoms with Gasteiger partial charge >= 0.3 is 0 Å². The van der Waals surface area contributed by atoms with Gasteiger partial charge in [-0.05, 0) is 31.5 Å². The van der Waals surface area contributed by atoms with Crippen molar-refractivity contribution in [1.29, 1.82) is 0 Å². The van der Waals surface area contributed by atoms with Crippen molar-refractivity contribution in [1.82, 2.24) is 0 Å². The fraction of sp³-hybridized carbons (Fsp3) is 1.00. The lowest BCUT2D eigenvalue weighted by Crippen LogP contribution is -2.29. The van der Waals surface area contributed by atoms with Crippen molar-refractivity contribution in [3.05, 3.63) is 0 Å². The Labute approximate surface area is 78.6 Å². The van der Waals surface area contributed by atoms with Crippen molar-refractivity contribution in [2.45, 2.75) is 46.8 Å². The fourth-order valence-corrected chi connectivity index (χ4v) is 1.85. The van der Waals surface area contributed by atoms with Gasteiger partial charge in [0, 0.05) is 6.61 Å². The second-order valence-corrected chi connectivity index (χ2v) is 9.35. The summed E-state index contributed by atoms with van der Waals surface area (Å²) in [5.41, 5.74) is 0. The predicted octanol–water partition coefficient (Wildman–Crippen LogP) is 3.52. The lowest BCUT2D eigenvalue weighted by atomic mass is 9.94. The zero-order chi connectivity index (χ0) is 9.78. The topological polar surface area (TPSA) is 9.23 Å². The summed E-state index contributed by atoms with van der Waals surface area (Å²) in [5.74, 6) is 1.50. The van der Waals surface area contributed by atoms with E-state index in [1.807, 2.05) is 0 Å². The van der Waals surface area contributed by atoms with Gasteiger partial charge in [0.25, 0.3) is 0 Å². The van der Waals surface area contributed by atoms with E-state index in [0.717, 1.165) is 18.4 Å². The lowest BCUT2D eigenvalue weighted by molar-refractivity contribution is 0.199. The summed E-state index contributed by atoms with van der Waals surface area (Å²) in [4.78, 5) is 0. The summed E-state index contributed by atoms with van der Waals surface area (Å²) in [6.45, 7) is 14.5. The average Bonchev–Trinajstić information content (AvgIpc) is 1.85. The minimum absolute atomic E-state index is 0.747. The van der Waals surface area contributed by atoms with Crippen LogP contribution in [0.25, 0.3) is 0 Å². The summed E-state index contributed by atoms with van der Waals surface area (Å²) in [6.07, 6.45) is 1.24. The van der Waals surface area contributed by atoms with Crippen molar-refractivity contribution in [2.75, 3.05) is 6.61 Å².